The van der Waals surface area contributed by atoms with Crippen molar-refractivity contribution in [2.24, 2.45) is 5.92 Å². The molecule has 2 heteroatoms. The monoisotopic (exact) mass is 315 g/mol. The van der Waals surface area contributed by atoms with Gasteiger partial charge in [0, 0.05) is 11.8 Å². The number of nitrogens with one attached hydrogen (secondary N) is 1. The molecular formula is C19H41NS. The summed E-state index contributed by atoms with van der Waals surface area (Å²) in [7, 11) is 0. The molecule has 0 bridgehead atoms. The molecule has 1 atom stereocenters. The number of unbranched alkanes of at least 4 members (excludes halogenated alkanes) is 7. The van der Waals surface area contributed by atoms with Gasteiger partial charge in [0.2, 0.25) is 0 Å². The van der Waals surface area contributed by atoms with E-state index in [1.54, 1.807) is 0 Å². The average molecular weight is 316 g/mol. The normalized spacial score (nSPS) is 13.0. The molecule has 0 aromatic heterocycles. The van der Waals surface area contributed by atoms with Crippen LogP contribution in [0.4, 0.5) is 0 Å². The maximum atomic E-state index is 3.74. The van der Waals surface area contributed by atoms with E-state index in [2.05, 4.69) is 44.8 Å². The zero-order valence-electron chi connectivity index (χ0n) is 15.3. The van der Waals surface area contributed by atoms with Gasteiger partial charge in [0.1, 0.15) is 0 Å². The van der Waals surface area contributed by atoms with Crippen LogP contribution >= 0.6 is 11.8 Å². The smallest absolute Gasteiger partial charge is 0.0158 e. The van der Waals surface area contributed by atoms with Crippen LogP contribution in [0.25, 0.3) is 0 Å². The fourth-order valence-electron chi connectivity index (χ4n) is 2.56. The Morgan fingerprint density at radius 2 is 1.38 bits per heavy atom. The predicted octanol–water partition coefficient (Wildman–Crippen LogP) is 6.27. The van der Waals surface area contributed by atoms with Crippen molar-refractivity contribution in [3.8, 4) is 0 Å². The maximum Gasteiger partial charge on any atom is 0.0158 e. The van der Waals surface area contributed by atoms with Gasteiger partial charge in [-0.1, -0.05) is 79.1 Å². The van der Waals surface area contributed by atoms with Crippen molar-refractivity contribution in [3.63, 3.8) is 0 Å². The Hall–Kier alpha value is 0.310. The van der Waals surface area contributed by atoms with Crippen LogP contribution in [-0.4, -0.2) is 24.1 Å². The van der Waals surface area contributed by atoms with Gasteiger partial charge in [-0.3, -0.25) is 0 Å². The molecular weight excluding hydrogens is 274 g/mol. The summed E-state index contributed by atoms with van der Waals surface area (Å²) in [6, 6.07) is 0.744. The number of hydrogen-bond acceptors (Lipinski definition) is 2. The van der Waals surface area contributed by atoms with Crippen molar-refractivity contribution in [1.82, 2.24) is 5.32 Å². The molecule has 0 saturated heterocycles. The van der Waals surface area contributed by atoms with E-state index in [0.717, 1.165) is 12.0 Å². The fourth-order valence-corrected chi connectivity index (χ4v) is 3.74. The Balaban J connectivity index is 3.55. The van der Waals surface area contributed by atoms with Crippen LogP contribution in [-0.2, 0) is 0 Å². The Kier molecular flexibility index (Phi) is 16.9. The van der Waals surface area contributed by atoms with Crippen molar-refractivity contribution >= 4 is 11.8 Å². The van der Waals surface area contributed by atoms with Crippen LogP contribution in [0.3, 0.4) is 0 Å². The van der Waals surface area contributed by atoms with Crippen LogP contribution in [0.5, 0.6) is 0 Å². The lowest BCUT2D eigenvalue weighted by Crippen LogP contribution is -2.32. The third-order valence-electron chi connectivity index (χ3n) is 3.86. The quantitative estimate of drug-likeness (QED) is 0.337. The zero-order chi connectivity index (χ0) is 15.8. The van der Waals surface area contributed by atoms with E-state index in [4.69, 9.17) is 0 Å². The molecule has 0 heterocycles. The highest BCUT2D eigenvalue weighted by atomic mass is 32.2. The molecule has 1 unspecified atom stereocenters. The molecule has 0 radical (unpaired) electrons. The summed E-state index contributed by atoms with van der Waals surface area (Å²) in [5, 5.41) is 3.74. The summed E-state index contributed by atoms with van der Waals surface area (Å²) < 4.78 is 0. The molecule has 1 nitrogen and oxygen atoms in total. The first-order chi connectivity index (χ1) is 10.2. The van der Waals surface area contributed by atoms with E-state index in [1.165, 1.54) is 82.3 Å². The van der Waals surface area contributed by atoms with E-state index < -0.39 is 0 Å². The number of thioether (sulfide) groups is 1. The second-order valence-electron chi connectivity index (χ2n) is 6.85. The molecule has 0 spiro atoms. The lowest BCUT2D eigenvalue weighted by atomic mass is 10.1. The third kappa shape index (κ3) is 16.5. The van der Waals surface area contributed by atoms with Gasteiger partial charge in [0.25, 0.3) is 0 Å². The molecule has 0 saturated carbocycles. The first-order valence-electron chi connectivity index (χ1n) is 9.51. The first-order valence-corrected chi connectivity index (χ1v) is 10.7. The molecule has 0 amide bonds. The van der Waals surface area contributed by atoms with Gasteiger partial charge in [-0.05, 0) is 31.1 Å². The van der Waals surface area contributed by atoms with Gasteiger partial charge in [0.15, 0.2) is 0 Å². The van der Waals surface area contributed by atoms with E-state index in [-0.39, 0.29) is 0 Å². The van der Waals surface area contributed by atoms with Crippen molar-refractivity contribution in [3.05, 3.63) is 0 Å². The zero-order valence-corrected chi connectivity index (χ0v) is 16.1. The van der Waals surface area contributed by atoms with E-state index in [0.29, 0.717) is 0 Å². The van der Waals surface area contributed by atoms with Crippen molar-refractivity contribution in [2.75, 3.05) is 18.1 Å². The summed E-state index contributed by atoms with van der Waals surface area (Å²) in [5.41, 5.74) is 0. The largest absolute Gasteiger partial charge is 0.313 e. The second kappa shape index (κ2) is 16.7. The minimum Gasteiger partial charge on any atom is -0.313 e. The molecule has 128 valence electrons. The summed E-state index contributed by atoms with van der Waals surface area (Å²) in [6.07, 6.45) is 14.1. The summed E-state index contributed by atoms with van der Waals surface area (Å²) >= 11 is 2.13. The molecule has 1 N–H and O–H groups in total. The maximum absolute atomic E-state index is 3.74. The van der Waals surface area contributed by atoms with Gasteiger partial charge >= 0.3 is 0 Å². The minimum absolute atomic E-state index is 0.744. The van der Waals surface area contributed by atoms with Gasteiger partial charge in [-0.25, -0.2) is 0 Å². The van der Waals surface area contributed by atoms with Crippen LogP contribution < -0.4 is 5.32 Å². The lowest BCUT2D eigenvalue weighted by molar-refractivity contribution is 0.481. The highest BCUT2D eigenvalue weighted by molar-refractivity contribution is 7.99. The first kappa shape index (κ1) is 21.3. The van der Waals surface area contributed by atoms with Crippen LogP contribution in [0, 0.1) is 5.92 Å². The highest BCUT2D eigenvalue weighted by Gasteiger charge is 2.08. The molecule has 0 aromatic rings. The van der Waals surface area contributed by atoms with Crippen LogP contribution in [0.15, 0.2) is 0 Å². The standard InChI is InChI=1S/C19H41NS/c1-5-7-8-9-10-11-12-13-14-19(20-15-6-2)17-21-16-18(3)4/h18-20H,5-17H2,1-4H3. The highest BCUT2D eigenvalue weighted by Crippen LogP contribution is 2.14. The Bertz CT molecular complexity index is 194. The van der Waals surface area contributed by atoms with Crippen LogP contribution in [0.2, 0.25) is 0 Å². The fraction of sp³-hybridized carbons (Fsp3) is 1.00. The van der Waals surface area contributed by atoms with Gasteiger partial charge in [-0.15, -0.1) is 0 Å². The second-order valence-corrected chi connectivity index (χ2v) is 7.92. The molecule has 0 aliphatic carbocycles. The lowest BCUT2D eigenvalue weighted by Gasteiger charge is -2.18. The summed E-state index contributed by atoms with van der Waals surface area (Å²) in [5.74, 6) is 3.43. The molecule has 0 aliphatic rings. The molecule has 0 rings (SSSR count). The van der Waals surface area contributed by atoms with Crippen molar-refractivity contribution in [1.29, 1.82) is 0 Å². The predicted molar refractivity (Wildman–Crippen MR) is 101 cm³/mol. The average Bonchev–Trinajstić information content (AvgIpc) is 2.46. The molecule has 0 aliphatic heterocycles. The van der Waals surface area contributed by atoms with Gasteiger partial charge < -0.3 is 5.32 Å². The summed E-state index contributed by atoms with van der Waals surface area (Å²) in [6.45, 7) is 10.4. The van der Waals surface area contributed by atoms with Crippen molar-refractivity contribution in [2.45, 2.75) is 97.9 Å². The number of rotatable bonds is 16. The third-order valence-corrected chi connectivity index (χ3v) is 5.40. The SMILES string of the molecule is CCCCCCCCCCC(CSCC(C)C)NCCC. The Morgan fingerprint density at radius 1 is 0.762 bits per heavy atom. The molecule has 0 aromatic carbocycles. The Morgan fingerprint density at radius 3 is 1.95 bits per heavy atom. The summed E-state index contributed by atoms with van der Waals surface area (Å²) in [4.78, 5) is 0. The van der Waals surface area contributed by atoms with Gasteiger partial charge in [-0.2, -0.15) is 11.8 Å². The minimum atomic E-state index is 0.744. The van der Waals surface area contributed by atoms with Gasteiger partial charge in [0.05, 0.1) is 0 Å². The topological polar surface area (TPSA) is 12.0 Å². The van der Waals surface area contributed by atoms with Crippen molar-refractivity contribution < 1.29 is 0 Å². The molecule has 0 fully saturated rings. The Labute approximate surface area is 139 Å². The molecule has 21 heavy (non-hydrogen) atoms. The van der Waals surface area contributed by atoms with Crippen LogP contribution in [0.1, 0.15) is 91.9 Å². The van der Waals surface area contributed by atoms with E-state index >= 15 is 0 Å². The van der Waals surface area contributed by atoms with E-state index in [1.807, 2.05) is 0 Å². The van der Waals surface area contributed by atoms with E-state index in [9.17, 15) is 0 Å². The number of hydrogen-bond donors (Lipinski definition) is 1.